The maximum Gasteiger partial charge on any atom is 0.224 e. The third-order valence-corrected chi connectivity index (χ3v) is 5.40. The molecule has 7 nitrogen and oxygen atoms in total. The van der Waals surface area contributed by atoms with Gasteiger partial charge in [-0.2, -0.15) is 10.2 Å². The summed E-state index contributed by atoms with van der Waals surface area (Å²) in [5, 5.41) is 12.7. The number of aromatic nitrogens is 4. The molecule has 2 heterocycles. The fourth-order valence-corrected chi connectivity index (χ4v) is 3.67. The van der Waals surface area contributed by atoms with Crippen molar-refractivity contribution in [3.63, 3.8) is 0 Å². The smallest absolute Gasteiger partial charge is 0.224 e. The summed E-state index contributed by atoms with van der Waals surface area (Å²) in [6.45, 7) is 4.25. The van der Waals surface area contributed by atoms with Crippen LogP contribution in [0, 0.1) is 11.3 Å². The van der Waals surface area contributed by atoms with E-state index in [-0.39, 0.29) is 0 Å². The Morgan fingerprint density at radius 3 is 2.75 bits per heavy atom. The number of nitrogens with one attached hydrogen (secondary N) is 1. The second-order valence-electron chi connectivity index (χ2n) is 7.72. The topological polar surface area (TPSA) is 88.7 Å². The van der Waals surface area contributed by atoms with Crippen molar-refractivity contribution in [3.05, 3.63) is 71.9 Å². The molecule has 2 aromatic carbocycles. The second kappa shape index (κ2) is 10.0. The number of imidazole rings is 1. The van der Waals surface area contributed by atoms with E-state index in [4.69, 9.17) is 14.7 Å². The molecule has 0 saturated heterocycles. The molecule has 7 heteroatoms. The van der Waals surface area contributed by atoms with Gasteiger partial charge < -0.3 is 14.6 Å². The maximum atomic E-state index is 9.29. The average molecular weight is 427 g/mol. The molecular formula is C25H26N6O. The molecule has 0 aliphatic heterocycles. The molecule has 0 bridgehead atoms. The fourth-order valence-electron chi connectivity index (χ4n) is 3.67. The number of anilines is 1. The van der Waals surface area contributed by atoms with Gasteiger partial charge in [0, 0.05) is 32.4 Å². The summed E-state index contributed by atoms with van der Waals surface area (Å²) in [6, 6.07) is 20.1. The number of methoxy groups -OCH3 is 1. The number of benzene rings is 2. The summed E-state index contributed by atoms with van der Waals surface area (Å²) in [5.41, 5.74) is 4.24. The van der Waals surface area contributed by atoms with Crippen molar-refractivity contribution in [1.29, 1.82) is 5.26 Å². The minimum absolute atomic E-state index is 0.325. The van der Waals surface area contributed by atoms with Gasteiger partial charge in [-0.3, -0.25) is 0 Å². The molecule has 0 unspecified atom stereocenters. The molecule has 2 aromatic heterocycles. The normalized spacial score (nSPS) is 11.9. The highest BCUT2D eigenvalue weighted by Gasteiger charge is 2.16. The number of ether oxygens (including phenoxy) is 1. The van der Waals surface area contributed by atoms with Crippen LogP contribution in [0.1, 0.15) is 30.4 Å². The van der Waals surface area contributed by atoms with Crippen LogP contribution in [0.4, 0.5) is 5.95 Å². The van der Waals surface area contributed by atoms with Crippen LogP contribution >= 0.6 is 0 Å². The first-order valence-electron chi connectivity index (χ1n) is 10.7. The lowest BCUT2D eigenvalue weighted by Gasteiger charge is -2.13. The molecule has 0 aliphatic rings. The Labute approximate surface area is 187 Å². The number of nitriles is 1. The molecule has 0 radical (unpaired) electrons. The summed E-state index contributed by atoms with van der Waals surface area (Å²) < 4.78 is 7.32. The zero-order valence-corrected chi connectivity index (χ0v) is 18.3. The van der Waals surface area contributed by atoms with Crippen LogP contribution in [-0.4, -0.2) is 39.8 Å². The average Bonchev–Trinajstić information content (AvgIpc) is 3.21. The molecule has 0 aliphatic carbocycles. The van der Waals surface area contributed by atoms with Gasteiger partial charge in [0.1, 0.15) is 11.3 Å². The van der Waals surface area contributed by atoms with Crippen LogP contribution in [0.3, 0.4) is 0 Å². The highest BCUT2D eigenvalue weighted by molar-refractivity contribution is 5.77. The maximum absolute atomic E-state index is 9.29. The van der Waals surface area contributed by atoms with Gasteiger partial charge in [0.2, 0.25) is 5.95 Å². The Kier molecular flexibility index (Phi) is 6.73. The van der Waals surface area contributed by atoms with E-state index in [9.17, 15) is 5.26 Å². The molecule has 32 heavy (non-hydrogen) atoms. The number of hydrogen-bond acceptors (Lipinski definition) is 6. The number of nitrogens with zero attached hydrogens (tertiary/aromatic N) is 5. The number of hydrogen-bond donors (Lipinski definition) is 1. The molecule has 0 spiro atoms. The fraction of sp³-hybridized carbons (Fsp3) is 0.280. The van der Waals surface area contributed by atoms with Crippen molar-refractivity contribution >= 4 is 17.1 Å². The van der Waals surface area contributed by atoms with Crippen molar-refractivity contribution in [2.75, 3.05) is 25.6 Å². The van der Waals surface area contributed by atoms with Crippen molar-refractivity contribution in [2.24, 2.45) is 0 Å². The van der Waals surface area contributed by atoms with E-state index >= 15 is 0 Å². The predicted octanol–water partition coefficient (Wildman–Crippen LogP) is 4.62. The Morgan fingerprint density at radius 1 is 1.12 bits per heavy atom. The van der Waals surface area contributed by atoms with Crippen LogP contribution in [0.25, 0.3) is 22.6 Å². The van der Waals surface area contributed by atoms with E-state index in [1.54, 1.807) is 19.4 Å². The van der Waals surface area contributed by atoms with E-state index in [1.165, 1.54) is 5.56 Å². The lowest BCUT2D eigenvalue weighted by atomic mass is 10.0. The number of aryl methyl sites for hydroxylation is 1. The van der Waals surface area contributed by atoms with Crippen molar-refractivity contribution in [1.82, 2.24) is 19.5 Å². The van der Waals surface area contributed by atoms with Crippen molar-refractivity contribution in [3.8, 4) is 17.5 Å². The zero-order valence-electron chi connectivity index (χ0n) is 18.3. The van der Waals surface area contributed by atoms with Crippen LogP contribution in [0.2, 0.25) is 0 Å². The van der Waals surface area contributed by atoms with E-state index < -0.39 is 0 Å². The molecule has 4 aromatic rings. The molecular weight excluding hydrogens is 400 g/mol. The summed E-state index contributed by atoms with van der Waals surface area (Å²) in [5.74, 6) is 1.68. The number of fused-ring (bicyclic) bond motifs is 1. The van der Waals surface area contributed by atoms with Gasteiger partial charge in [0.15, 0.2) is 5.65 Å². The SMILES string of the molecule is COCCCn1c(-c2cccc(C#N)c2)nc2cnc(NC[C@H](C)c3ccccc3)nc21. The Hall–Kier alpha value is -3.76. The molecule has 1 N–H and O–H groups in total. The van der Waals surface area contributed by atoms with Gasteiger partial charge in [-0.05, 0) is 30.0 Å². The van der Waals surface area contributed by atoms with Gasteiger partial charge in [0.05, 0.1) is 17.8 Å². The van der Waals surface area contributed by atoms with Gasteiger partial charge in [0.25, 0.3) is 0 Å². The summed E-state index contributed by atoms with van der Waals surface area (Å²) in [7, 11) is 1.70. The molecule has 4 rings (SSSR count). The lowest BCUT2D eigenvalue weighted by molar-refractivity contribution is 0.191. The number of rotatable bonds is 9. The minimum Gasteiger partial charge on any atom is -0.385 e. The Balaban J connectivity index is 1.64. The third kappa shape index (κ3) is 4.76. The van der Waals surface area contributed by atoms with Crippen LogP contribution in [-0.2, 0) is 11.3 Å². The first-order valence-corrected chi connectivity index (χ1v) is 10.7. The van der Waals surface area contributed by atoms with Crippen molar-refractivity contribution in [2.45, 2.75) is 25.8 Å². The van der Waals surface area contributed by atoms with Gasteiger partial charge in [-0.25, -0.2) is 9.97 Å². The van der Waals surface area contributed by atoms with Gasteiger partial charge in [-0.1, -0.05) is 49.4 Å². The van der Waals surface area contributed by atoms with E-state index in [2.05, 4.69) is 52.1 Å². The van der Waals surface area contributed by atoms with Crippen molar-refractivity contribution < 1.29 is 4.74 Å². The standard InChI is InChI=1S/C25H26N6O/c1-18(20-9-4-3-5-10-20)16-27-25-28-17-22-24(30-25)31(12-7-13-32-2)23(29-22)21-11-6-8-19(14-21)15-26/h3-6,8-11,14,17-18H,7,12-13,16H2,1-2H3,(H,27,28,30)/t18-/m0/s1. The highest BCUT2D eigenvalue weighted by Crippen LogP contribution is 2.25. The van der Waals surface area contributed by atoms with Crippen LogP contribution < -0.4 is 5.32 Å². The highest BCUT2D eigenvalue weighted by atomic mass is 16.5. The molecule has 162 valence electrons. The van der Waals surface area contributed by atoms with E-state index in [0.29, 0.717) is 30.6 Å². The minimum atomic E-state index is 0.325. The van der Waals surface area contributed by atoms with E-state index in [0.717, 1.165) is 35.5 Å². The quantitative estimate of drug-likeness (QED) is 0.393. The predicted molar refractivity (Wildman–Crippen MR) is 125 cm³/mol. The summed E-state index contributed by atoms with van der Waals surface area (Å²) >= 11 is 0. The molecule has 0 fully saturated rings. The van der Waals surface area contributed by atoms with Gasteiger partial charge >= 0.3 is 0 Å². The monoisotopic (exact) mass is 426 g/mol. The molecule has 0 amide bonds. The lowest BCUT2D eigenvalue weighted by Crippen LogP contribution is -2.12. The second-order valence-corrected chi connectivity index (χ2v) is 7.72. The van der Waals surface area contributed by atoms with Crippen LogP contribution in [0.5, 0.6) is 0 Å². The summed E-state index contributed by atoms with van der Waals surface area (Å²) in [4.78, 5) is 14.0. The van der Waals surface area contributed by atoms with Crippen LogP contribution in [0.15, 0.2) is 60.8 Å². The Morgan fingerprint density at radius 2 is 1.97 bits per heavy atom. The first-order chi connectivity index (χ1) is 15.7. The molecule has 1 atom stereocenters. The van der Waals surface area contributed by atoms with Gasteiger partial charge in [-0.15, -0.1) is 0 Å². The Bertz CT molecular complexity index is 1230. The largest absolute Gasteiger partial charge is 0.385 e. The van der Waals surface area contributed by atoms with E-state index in [1.807, 2.05) is 24.3 Å². The third-order valence-electron chi connectivity index (χ3n) is 5.40. The summed E-state index contributed by atoms with van der Waals surface area (Å²) in [6.07, 6.45) is 2.58. The first kappa shape index (κ1) is 21.5. The zero-order chi connectivity index (χ0) is 22.3. The molecule has 0 saturated carbocycles.